The highest BCUT2D eigenvalue weighted by molar-refractivity contribution is 6.08. The standard InChI is InChI=1S/C54H32N4O3/c1-3-11-35-29-37(19-17-33(35)9-1)57(39-21-23-43-41-13-5-7-15-47(41)59-49(43)31-39)51-27-25-45-46-26-28-52(56-54(46)61-53(45)55-51)58(38-20-18-34-10-2-4-12-36(34)30-38)40-22-24-44-42-14-6-8-16-48(42)60-50(44)32-40/h1-32H. The van der Waals surface area contributed by atoms with E-state index in [2.05, 4.69) is 155 Å². The number of fused-ring (bicyclic) bond motifs is 11. The van der Waals surface area contributed by atoms with Crippen molar-refractivity contribution < 1.29 is 13.3 Å². The lowest BCUT2D eigenvalue weighted by Crippen LogP contribution is -2.11. The molecule has 7 nitrogen and oxygen atoms in total. The van der Waals surface area contributed by atoms with Crippen LogP contribution in [0.5, 0.6) is 0 Å². The molecule has 5 aromatic heterocycles. The van der Waals surface area contributed by atoms with Gasteiger partial charge in [-0.15, -0.1) is 0 Å². The topological polar surface area (TPSA) is 71.7 Å². The van der Waals surface area contributed by atoms with Crippen molar-refractivity contribution in [3.63, 3.8) is 0 Å². The molecule has 8 aromatic carbocycles. The number of rotatable bonds is 6. The summed E-state index contributed by atoms with van der Waals surface area (Å²) in [5.74, 6) is 1.41. The van der Waals surface area contributed by atoms with Crippen molar-refractivity contribution in [2.75, 3.05) is 9.80 Å². The van der Waals surface area contributed by atoms with E-state index in [-0.39, 0.29) is 0 Å². The number of nitrogens with zero attached hydrogens (tertiary/aromatic N) is 4. The first-order valence-corrected chi connectivity index (χ1v) is 20.3. The molecule has 0 aliphatic carbocycles. The molecular weight excluding hydrogens is 753 g/mol. The van der Waals surface area contributed by atoms with E-state index >= 15 is 0 Å². The molecule has 0 unspecified atom stereocenters. The normalized spacial score (nSPS) is 11.9. The zero-order valence-electron chi connectivity index (χ0n) is 32.5. The number of pyridine rings is 2. The third-order valence-corrected chi connectivity index (χ3v) is 11.9. The van der Waals surface area contributed by atoms with E-state index in [4.69, 9.17) is 23.2 Å². The van der Waals surface area contributed by atoms with E-state index in [0.717, 1.165) is 98.9 Å². The molecule has 0 bridgehead atoms. The van der Waals surface area contributed by atoms with Crippen molar-refractivity contribution in [2.45, 2.75) is 0 Å². The van der Waals surface area contributed by atoms with Gasteiger partial charge in [0.1, 0.15) is 34.0 Å². The Morgan fingerprint density at radius 3 is 1.15 bits per heavy atom. The summed E-state index contributed by atoms with van der Waals surface area (Å²) in [5.41, 5.74) is 8.07. The fraction of sp³-hybridized carbons (Fsp3) is 0. The molecule has 0 aliphatic rings. The Morgan fingerprint density at radius 1 is 0.279 bits per heavy atom. The SMILES string of the molecule is c1ccc2cc(N(c3ccc4c(c3)oc3ccccc34)c3ccc4c(n3)oc3nc(N(c5ccc6ccccc6c5)c5ccc6c(c5)oc5ccccc56)ccc34)ccc2c1. The summed E-state index contributed by atoms with van der Waals surface area (Å²) in [6.07, 6.45) is 0. The van der Waals surface area contributed by atoms with Crippen molar-refractivity contribution in [2.24, 2.45) is 0 Å². The van der Waals surface area contributed by atoms with Crippen molar-refractivity contribution in [3.8, 4) is 0 Å². The van der Waals surface area contributed by atoms with E-state index in [0.29, 0.717) is 23.1 Å². The van der Waals surface area contributed by atoms with Crippen LogP contribution in [0.3, 0.4) is 0 Å². The molecule has 0 N–H and O–H groups in total. The Balaban J connectivity index is 0.961. The second kappa shape index (κ2) is 13.0. The van der Waals surface area contributed by atoms with Crippen LogP contribution in [0.25, 0.3) is 87.6 Å². The second-order valence-electron chi connectivity index (χ2n) is 15.4. The summed E-state index contributed by atoms with van der Waals surface area (Å²) in [4.78, 5) is 14.7. The smallest absolute Gasteiger partial charge is 0.231 e. The Labute approximate surface area is 347 Å². The van der Waals surface area contributed by atoms with Gasteiger partial charge in [0.2, 0.25) is 11.4 Å². The predicted molar refractivity (Wildman–Crippen MR) is 248 cm³/mol. The van der Waals surface area contributed by atoms with Crippen LogP contribution in [0.1, 0.15) is 0 Å². The number of aromatic nitrogens is 2. The van der Waals surface area contributed by atoms with Crippen molar-refractivity contribution in [3.05, 3.63) is 194 Å². The molecule has 7 heteroatoms. The summed E-state index contributed by atoms with van der Waals surface area (Å²) in [6.45, 7) is 0. The number of benzene rings is 8. The van der Waals surface area contributed by atoms with Gasteiger partial charge in [-0.05, 0) is 106 Å². The molecule has 0 spiro atoms. The van der Waals surface area contributed by atoms with Gasteiger partial charge in [-0.1, -0.05) is 97.1 Å². The molecular formula is C54H32N4O3. The second-order valence-corrected chi connectivity index (χ2v) is 15.4. The van der Waals surface area contributed by atoms with Gasteiger partial charge in [0.25, 0.3) is 0 Å². The van der Waals surface area contributed by atoms with Crippen molar-refractivity contribution in [1.29, 1.82) is 0 Å². The van der Waals surface area contributed by atoms with Crippen LogP contribution < -0.4 is 9.80 Å². The molecule has 0 aliphatic heterocycles. The number of hydrogen-bond donors (Lipinski definition) is 0. The average molecular weight is 785 g/mol. The lowest BCUT2D eigenvalue weighted by molar-refractivity contribution is 0.640. The Hall–Kier alpha value is -8.42. The highest BCUT2D eigenvalue weighted by Gasteiger charge is 2.22. The number of hydrogen-bond acceptors (Lipinski definition) is 7. The van der Waals surface area contributed by atoms with Crippen LogP contribution in [0.15, 0.2) is 207 Å². The minimum Gasteiger partial charge on any atom is -0.456 e. The summed E-state index contributed by atoms with van der Waals surface area (Å²) in [6, 6.07) is 67.0. The molecule has 0 fully saturated rings. The first-order valence-electron chi connectivity index (χ1n) is 20.3. The van der Waals surface area contributed by atoms with Crippen LogP contribution in [-0.4, -0.2) is 9.97 Å². The van der Waals surface area contributed by atoms with Crippen LogP contribution in [0.4, 0.5) is 34.4 Å². The van der Waals surface area contributed by atoms with Crippen molar-refractivity contribution >= 4 is 122 Å². The average Bonchev–Trinajstić information content (AvgIpc) is 3.99. The fourth-order valence-corrected chi connectivity index (χ4v) is 8.93. The first kappa shape index (κ1) is 33.5. The van der Waals surface area contributed by atoms with E-state index in [1.807, 2.05) is 48.5 Å². The molecule has 0 saturated carbocycles. The van der Waals surface area contributed by atoms with Gasteiger partial charge < -0.3 is 13.3 Å². The van der Waals surface area contributed by atoms with E-state index in [1.54, 1.807) is 0 Å². The van der Waals surface area contributed by atoms with Crippen LogP contribution in [-0.2, 0) is 0 Å². The van der Waals surface area contributed by atoms with Gasteiger partial charge >= 0.3 is 0 Å². The molecule has 13 aromatic rings. The Bertz CT molecular complexity index is 3630. The van der Waals surface area contributed by atoms with Gasteiger partial charge in [-0.2, -0.15) is 9.97 Å². The maximum Gasteiger partial charge on any atom is 0.231 e. The largest absolute Gasteiger partial charge is 0.456 e. The summed E-state index contributed by atoms with van der Waals surface area (Å²) >= 11 is 0. The quantitative estimate of drug-likeness (QED) is 0.166. The summed E-state index contributed by atoms with van der Waals surface area (Å²) in [5, 5.41) is 10.7. The maximum atomic E-state index is 6.63. The van der Waals surface area contributed by atoms with Gasteiger partial charge in [0.05, 0.1) is 22.1 Å². The molecule has 0 saturated heterocycles. The van der Waals surface area contributed by atoms with Gasteiger partial charge in [0.15, 0.2) is 0 Å². The van der Waals surface area contributed by atoms with E-state index in [1.165, 1.54) is 0 Å². The third-order valence-electron chi connectivity index (χ3n) is 11.9. The van der Waals surface area contributed by atoms with E-state index in [9.17, 15) is 0 Å². The minimum atomic E-state index is 0.494. The Morgan fingerprint density at radius 2 is 0.656 bits per heavy atom. The summed E-state index contributed by atoms with van der Waals surface area (Å²) < 4.78 is 19.4. The molecule has 61 heavy (non-hydrogen) atoms. The number of anilines is 6. The predicted octanol–water partition coefficient (Wildman–Crippen LogP) is 15.4. The highest BCUT2D eigenvalue weighted by atomic mass is 16.3. The molecule has 0 atom stereocenters. The molecule has 0 radical (unpaired) electrons. The number of furan rings is 3. The van der Waals surface area contributed by atoms with Crippen molar-refractivity contribution in [1.82, 2.24) is 9.97 Å². The zero-order chi connectivity index (χ0) is 40.0. The molecule has 0 amide bonds. The van der Waals surface area contributed by atoms with E-state index < -0.39 is 0 Å². The molecule has 286 valence electrons. The minimum absolute atomic E-state index is 0.494. The van der Waals surface area contributed by atoms with Crippen LogP contribution in [0, 0.1) is 0 Å². The first-order chi connectivity index (χ1) is 30.2. The zero-order valence-corrected chi connectivity index (χ0v) is 32.5. The fourth-order valence-electron chi connectivity index (χ4n) is 8.93. The highest BCUT2D eigenvalue weighted by Crippen LogP contribution is 2.42. The Kier molecular flexibility index (Phi) is 7.17. The lowest BCUT2D eigenvalue weighted by Gasteiger charge is -2.24. The molecule has 13 rings (SSSR count). The van der Waals surface area contributed by atoms with Crippen LogP contribution in [0.2, 0.25) is 0 Å². The number of para-hydroxylation sites is 2. The molecule has 5 heterocycles. The lowest BCUT2D eigenvalue weighted by atomic mass is 10.1. The van der Waals surface area contributed by atoms with Gasteiger partial charge in [0, 0.05) is 45.1 Å². The van der Waals surface area contributed by atoms with Gasteiger partial charge in [-0.25, -0.2) is 0 Å². The third kappa shape index (κ3) is 5.38. The summed E-state index contributed by atoms with van der Waals surface area (Å²) in [7, 11) is 0. The van der Waals surface area contributed by atoms with Gasteiger partial charge in [-0.3, -0.25) is 9.80 Å². The van der Waals surface area contributed by atoms with Crippen LogP contribution >= 0.6 is 0 Å². The maximum absolute atomic E-state index is 6.63. The monoisotopic (exact) mass is 784 g/mol.